The third kappa shape index (κ3) is 3.57. The van der Waals surface area contributed by atoms with Crippen LogP contribution in [0.4, 0.5) is 0 Å². The Kier molecular flexibility index (Phi) is 3.99. The van der Waals surface area contributed by atoms with Crippen molar-refractivity contribution in [2.24, 2.45) is 5.41 Å². The lowest BCUT2D eigenvalue weighted by molar-refractivity contribution is 0.0790. The van der Waals surface area contributed by atoms with Crippen molar-refractivity contribution in [1.82, 2.24) is 0 Å². The average molecular weight is 306 g/mol. The molecule has 0 aromatic carbocycles. The number of aliphatic hydroxyl groups is 1. The molecule has 0 aromatic rings. The highest BCUT2D eigenvalue weighted by Gasteiger charge is 2.34. The van der Waals surface area contributed by atoms with E-state index in [0.29, 0.717) is 0 Å². The standard InChI is InChI=1S/C7H15IO3S/c1-7(2,3)5(9)6(8)12(4,10)11/h5-6,9H,1-4H3/t5-,6+/m0/s1. The summed E-state index contributed by atoms with van der Waals surface area (Å²) in [5, 5.41) is 9.60. The van der Waals surface area contributed by atoms with E-state index in [0.717, 1.165) is 6.26 Å². The summed E-state index contributed by atoms with van der Waals surface area (Å²) in [6.07, 6.45) is 0.312. The maximum atomic E-state index is 11.1. The number of hydrogen-bond donors (Lipinski definition) is 1. The number of aliphatic hydroxyl groups excluding tert-OH is 1. The Labute approximate surface area is 87.6 Å². The highest BCUT2D eigenvalue weighted by molar-refractivity contribution is 14.1. The number of halogens is 1. The molecule has 0 aliphatic heterocycles. The second-order valence-electron chi connectivity index (χ2n) is 3.99. The lowest BCUT2D eigenvalue weighted by Crippen LogP contribution is -2.38. The second-order valence-corrected chi connectivity index (χ2v) is 8.35. The predicted octanol–water partition coefficient (Wildman–Crippen LogP) is 1.20. The third-order valence-corrected chi connectivity index (χ3v) is 6.07. The molecule has 0 aromatic heterocycles. The number of hydrogen-bond acceptors (Lipinski definition) is 3. The summed E-state index contributed by atoms with van der Waals surface area (Å²) < 4.78 is 21.4. The number of rotatable bonds is 2. The Bertz CT molecular complexity index is 240. The summed E-state index contributed by atoms with van der Waals surface area (Å²) in [5.74, 6) is 0. The van der Waals surface area contributed by atoms with E-state index in [1.165, 1.54) is 0 Å². The van der Waals surface area contributed by atoms with Crippen LogP contribution in [0.2, 0.25) is 0 Å². The van der Waals surface area contributed by atoms with Gasteiger partial charge in [0, 0.05) is 6.26 Å². The highest BCUT2D eigenvalue weighted by Crippen LogP contribution is 2.28. The summed E-state index contributed by atoms with van der Waals surface area (Å²) in [6, 6.07) is 0. The maximum Gasteiger partial charge on any atom is 0.162 e. The first kappa shape index (κ1) is 12.6. The molecule has 0 heterocycles. The topological polar surface area (TPSA) is 54.4 Å². The van der Waals surface area contributed by atoms with Gasteiger partial charge in [0.25, 0.3) is 0 Å². The zero-order valence-corrected chi connectivity index (χ0v) is 10.7. The van der Waals surface area contributed by atoms with Gasteiger partial charge in [-0.2, -0.15) is 0 Å². The molecule has 0 aliphatic rings. The predicted molar refractivity (Wildman–Crippen MR) is 58.1 cm³/mol. The molecule has 0 rings (SSSR count). The van der Waals surface area contributed by atoms with Crippen LogP contribution in [0.15, 0.2) is 0 Å². The van der Waals surface area contributed by atoms with Crippen molar-refractivity contribution in [2.75, 3.05) is 6.26 Å². The monoisotopic (exact) mass is 306 g/mol. The third-order valence-electron chi connectivity index (χ3n) is 1.54. The minimum atomic E-state index is -3.15. The van der Waals surface area contributed by atoms with E-state index < -0.39 is 24.6 Å². The zero-order valence-electron chi connectivity index (χ0n) is 7.70. The molecular formula is C7H15IO3S. The Balaban J connectivity index is 4.64. The van der Waals surface area contributed by atoms with Crippen molar-refractivity contribution in [3.63, 3.8) is 0 Å². The summed E-state index contributed by atoms with van der Waals surface area (Å²) in [4.78, 5) is 0. The lowest BCUT2D eigenvalue weighted by atomic mass is 9.90. The molecule has 0 radical (unpaired) electrons. The largest absolute Gasteiger partial charge is 0.390 e. The Hall–Kier alpha value is 0.640. The van der Waals surface area contributed by atoms with Crippen LogP contribution in [0.5, 0.6) is 0 Å². The summed E-state index contributed by atoms with van der Waals surface area (Å²) in [5.41, 5.74) is -0.394. The number of sulfone groups is 1. The molecule has 0 bridgehead atoms. The van der Waals surface area contributed by atoms with Gasteiger partial charge < -0.3 is 5.11 Å². The molecule has 1 N–H and O–H groups in total. The van der Waals surface area contributed by atoms with Crippen LogP contribution in [-0.4, -0.2) is 29.1 Å². The molecular weight excluding hydrogens is 291 g/mol. The van der Waals surface area contributed by atoms with Crippen LogP contribution in [0, 0.1) is 5.41 Å². The Morgan fingerprint density at radius 3 is 1.75 bits per heavy atom. The molecule has 12 heavy (non-hydrogen) atoms. The van der Waals surface area contributed by atoms with E-state index >= 15 is 0 Å². The fraction of sp³-hybridized carbons (Fsp3) is 1.00. The van der Waals surface area contributed by atoms with Gasteiger partial charge in [-0.1, -0.05) is 43.4 Å². The van der Waals surface area contributed by atoms with Gasteiger partial charge in [-0.15, -0.1) is 0 Å². The Morgan fingerprint density at radius 2 is 1.67 bits per heavy atom. The van der Waals surface area contributed by atoms with Gasteiger partial charge in [-0.25, -0.2) is 8.42 Å². The van der Waals surface area contributed by atoms with E-state index in [-0.39, 0.29) is 0 Å². The molecule has 0 aliphatic carbocycles. The molecule has 0 spiro atoms. The zero-order chi connectivity index (χ0) is 10.2. The first-order chi connectivity index (χ1) is 5.07. The maximum absolute atomic E-state index is 11.1. The molecule has 3 nitrogen and oxygen atoms in total. The van der Waals surface area contributed by atoms with E-state index in [1.54, 1.807) is 22.6 Å². The SMILES string of the molecule is CC(C)(C)[C@@H](O)[C@H](I)S(C)(=O)=O. The number of alkyl halides is 1. The van der Waals surface area contributed by atoms with Crippen molar-refractivity contribution in [3.05, 3.63) is 0 Å². The van der Waals surface area contributed by atoms with Crippen LogP contribution in [0.25, 0.3) is 0 Å². The fourth-order valence-corrected chi connectivity index (χ4v) is 2.58. The molecule has 2 atom stereocenters. The minimum absolute atomic E-state index is 0.394. The molecule has 0 saturated heterocycles. The van der Waals surface area contributed by atoms with E-state index in [9.17, 15) is 13.5 Å². The first-order valence-corrected chi connectivity index (χ1v) is 6.78. The van der Waals surface area contributed by atoms with Crippen LogP contribution in [0.3, 0.4) is 0 Å². The molecule has 0 amide bonds. The molecule has 5 heteroatoms. The molecule has 0 fully saturated rings. The average Bonchev–Trinajstić information content (AvgIpc) is 1.80. The van der Waals surface area contributed by atoms with Gasteiger partial charge in [-0.3, -0.25) is 0 Å². The van der Waals surface area contributed by atoms with Crippen LogP contribution < -0.4 is 0 Å². The van der Waals surface area contributed by atoms with Crippen LogP contribution >= 0.6 is 22.6 Å². The Morgan fingerprint density at radius 1 is 1.33 bits per heavy atom. The summed E-state index contributed by atoms with van der Waals surface area (Å²) in [6.45, 7) is 5.44. The summed E-state index contributed by atoms with van der Waals surface area (Å²) in [7, 11) is -3.15. The lowest BCUT2D eigenvalue weighted by Gasteiger charge is -2.28. The molecule has 0 unspecified atom stereocenters. The van der Waals surface area contributed by atoms with Crippen molar-refractivity contribution in [1.29, 1.82) is 0 Å². The van der Waals surface area contributed by atoms with Crippen molar-refractivity contribution >= 4 is 32.4 Å². The van der Waals surface area contributed by atoms with Crippen molar-refractivity contribution in [3.8, 4) is 0 Å². The molecule has 0 saturated carbocycles. The molecule has 74 valence electrons. The van der Waals surface area contributed by atoms with Gasteiger partial charge in [0.05, 0.1) is 6.10 Å². The van der Waals surface area contributed by atoms with Gasteiger partial charge in [0.2, 0.25) is 0 Å². The van der Waals surface area contributed by atoms with Crippen molar-refractivity contribution < 1.29 is 13.5 Å². The van der Waals surface area contributed by atoms with Gasteiger partial charge in [0.15, 0.2) is 9.84 Å². The van der Waals surface area contributed by atoms with Crippen molar-refractivity contribution in [2.45, 2.75) is 30.1 Å². The van der Waals surface area contributed by atoms with Gasteiger partial charge in [0.1, 0.15) is 3.26 Å². The highest BCUT2D eigenvalue weighted by atomic mass is 127. The summed E-state index contributed by atoms with van der Waals surface area (Å²) >= 11 is 1.76. The van der Waals surface area contributed by atoms with E-state index in [4.69, 9.17) is 0 Å². The fourth-order valence-electron chi connectivity index (χ4n) is 0.627. The minimum Gasteiger partial charge on any atom is -0.390 e. The van der Waals surface area contributed by atoms with E-state index in [2.05, 4.69) is 0 Å². The first-order valence-electron chi connectivity index (χ1n) is 3.58. The van der Waals surface area contributed by atoms with Crippen LogP contribution in [-0.2, 0) is 9.84 Å². The van der Waals surface area contributed by atoms with Gasteiger partial charge in [-0.05, 0) is 5.41 Å². The smallest absolute Gasteiger partial charge is 0.162 e. The quantitative estimate of drug-likeness (QED) is 0.616. The van der Waals surface area contributed by atoms with Crippen LogP contribution in [0.1, 0.15) is 20.8 Å². The van der Waals surface area contributed by atoms with E-state index in [1.807, 2.05) is 20.8 Å². The normalized spacial score (nSPS) is 18.8. The van der Waals surface area contributed by atoms with Gasteiger partial charge >= 0.3 is 0 Å². The second kappa shape index (κ2) is 3.79.